The van der Waals surface area contributed by atoms with E-state index in [0.29, 0.717) is 38.5 Å². The zero-order valence-electron chi connectivity index (χ0n) is 43.7. The molecule has 5 aliphatic carbocycles. The maximum absolute atomic E-state index is 15.3. The lowest BCUT2D eigenvalue weighted by molar-refractivity contribution is -0.369. The van der Waals surface area contributed by atoms with Crippen molar-refractivity contribution in [1.29, 1.82) is 0 Å². The van der Waals surface area contributed by atoms with Crippen LogP contribution in [0.2, 0.25) is 0 Å². The van der Waals surface area contributed by atoms with Crippen LogP contribution in [0, 0.1) is 50.2 Å². The Bertz CT molecular complexity index is 2200. The summed E-state index contributed by atoms with van der Waals surface area (Å²) in [5, 5.41) is 142. The predicted molar refractivity (Wildman–Crippen MR) is 252 cm³/mol. The Morgan fingerprint density at radius 2 is 1.30 bits per heavy atom. The number of hydrogen-bond donors (Lipinski definition) is 13. The van der Waals surface area contributed by atoms with Crippen LogP contribution in [0.15, 0.2) is 11.6 Å². The number of carbonyl (C=O) groups excluding carboxylic acids is 2. The maximum Gasteiger partial charge on any atom is 0.317 e. The molecule has 432 valence electrons. The Kier molecular flexibility index (Phi) is 15.1. The van der Waals surface area contributed by atoms with E-state index in [1.54, 1.807) is 0 Å². The average molecular weight is 1090 g/mol. The molecule has 9 fully saturated rings. The third-order valence-corrected chi connectivity index (χ3v) is 20.9. The zero-order valence-corrected chi connectivity index (χ0v) is 43.7. The molecular weight excluding hydrogens is 1010 g/mol. The molecule has 0 amide bonds. The number of esters is 2. The van der Waals surface area contributed by atoms with Crippen molar-refractivity contribution >= 4 is 11.9 Å². The molecule has 5 saturated heterocycles. The Hall–Kier alpha value is -2.12. The lowest BCUT2D eigenvalue weighted by atomic mass is 9.33. The van der Waals surface area contributed by atoms with E-state index < -0.39 is 206 Å². The molecule has 0 spiro atoms. The first-order valence-corrected chi connectivity index (χ1v) is 27.0. The highest BCUT2D eigenvalue weighted by Crippen LogP contribution is 2.77. The molecule has 5 aliphatic heterocycles. The first-order chi connectivity index (χ1) is 35.6. The van der Waals surface area contributed by atoms with Crippen molar-refractivity contribution < 1.29 is 119 Å². The highest BCUT2D eigenvalue weighted by Gasteiger charge is 2.77. The van der Waals surface area contributed by atoms with E-state index in [2.05, 4.69) is 40.7 Å². The van der Waals surface area contributed by atoms with Crippen molar-refractivity contribution in [1.82, 2.24) is 0 Å². The molecule has 0 radical (unpaired) electrons. The second-order valence-electron chi connectivity index (χ2n) is 25.4. The van der Waals surface area contributed by atoms with E-state index in [4.69, 9.17) is 42.6 Å². The van der Waals surface area contributed by atoms with Gasteiger partial charge < -0.3 is 109 Å². The average Bonchev–Trinajstić information content (AvgIpc) is 3.76. The molecule has 29 atom stereocenters. The SMILES string of the molecule is C[C@H]1O[C@H](O[C@@H]2[C@@H](OC(=O)[C@@]34CCC(C)(C)C[C@@H]3C3=CC[C@H]5[C@]6(C)C[C@H]7OC(=O)[C@](CO)([C@@H]7O[C@H]7O[C@@H](CO)[C@H](O)[C@@H](O)[C@@H]7O)[C@H]6CC[C@]5(C)[C@@]3(C)C[C@@H]4O)OC[C@@H](O)[C@H]2O)[C@@H](O)[C@@H](O)[C@@H]1O[C@H]1OC[C@H](O)[C@@H](O)[C@@H]1O. The molecule has 0 aromatic heterocycles. The van der Waals surface area contributed by atoms with Crippen molar-refractivity contribution in [2.45, 2.75) is 222 Å². The molecule has 10 aliphatic rings. The number of fused-ring (bicyclic) bond motifs is 10. The number of hydrogen-bond acceptors (Lipinski definition) is 24. The molecule has 10 rings (SSSR count). The van der Waals surface area contributed by atoms with Crippen molar-refractivity contribution in [3.63, 3.8) is 0 Å². The molecule has 5 heterocycles. The molecule has 24 nitrogen and oxygen atoms in total. The summed E-state index contributed by atoms with van der Waals surface area (Å²) in [7, 11) is 0. The van der Waals surface area contributed by atoms with Gasteiger partial charge in [0.15, 0.2) is 25.0 Å². The smallest absolute Gasteiger partial charge is 0.317 e. The Balaban J connectivity index is 0.904. The molecule has 0 aromatic rings. The fourth-order valence-electron chi connectivity index (χ4n) is 16.4. The summed E-state index contributed by atoms with van der Waals surface area (Å²) in [5.41, 5.74) is -4.47. The topological polar surface area (TPSA) is 380 Å². The monoisotopic (exact) mass is 1090 g/mol. The van der Waals surface area contributed by atoms with E-state index in [-0.39, 0.29) is 24.2 Å². The first-order valence-electron chi connectivity index (χ1n) is 27.0. The zero-order chi connectivity index (χ0) is 55.1. The molecule has 24 heteroatoms. The van der Waals surface area contributed by atoms with E-state index >= 15 is 4.79 Å². The number of allylic oxidation sites excluding steroid dienone is 2. The van der Waals surface area contributed by atoms with E-state index in [1.807, 2.05) is 0 Å². The summed E-state index contributed by atoms with van der Waals surface area (Å²) < 4.78 is 53.2. The molecular formula is C52H80O24. The summed E-state index contributed by atoms with van der Waals surface area (Å²) in [6, 6.07) is 0. The second kappa shape index (κ2) is 20.1. The fourth-order valence-corrected chi connectivity index (χ4v) is 16.4. The van der Waals surface area contributed by atoms with Crippen molar-refractivity contribution in [2.75, 3.05) is 26.4 Å². The highest BCUT2D eigenvalue weighted by atomic mass is 16.8. The summed E-state index contributed by atoms with van der Waals surface area (Å²) in [5.74, 6) is -2.74. The highest BCUT2D eigenvalue weighted by molar-refractivity contribution is 5.82. The summed E-state index contributed by atoms with van der Waals surface area (Å²) in [6.07, 6.45) is -26.9. The van der Waals surface area contributed by atoms with Crippen LogP contribution in [-0.2, 0) is 52.2 Å². The van der Waals surface area contributed by atoms with Gasteiger partial charge in [-0.2, -0.15) is 0 Å². The minimum absolute atomic E-state index is 0.127. The van der Waals surface area contributed by atoms with E-state index in [0.717, 1.165) is 5.57 Å². The number of aliphatic hydroxyl groups excluding tert-OH is 13. The molecule has 4 saturated carbocycles. The molecule has 0 unspecified atom stereocenters. The standard InChI is InChI=1S/C52H80O24/c1-20-38(73-41-35(63)30(58)23(55)17-68-41)34(62)37(65)42(70-20)74-39-31(59)24(56)18-69-44(39)76-45(66)51-12-11-47(2,3)13-22(51)21-7-8-27-48(4)14-25-40(75-43-36(64)33(61)32(60)26(16-53)71-43)52(19-54,46(67)72-25)28(48)9-10-49(27,5)50(21,6)15-29(51)57/h7,20,22-44,53-65H,8-19H2,1-6H3/t20-,22-,23+,24-,25-,26+,27+,28+,29+,30-,31-,32+,33-,34-,35+,36+,37+,38-,39+,40-,41-,42-,43-,44-,48+,49+,50+,51+,52+/m1/s1. The van der Waals surface area contributed by atoms with Crippen LogP contribution < -0.4 is 0 Å². The van der Waals surface area contributed by atoms with Crippen molar-refractivity contribution in [3.05, 3.63) is 11.6 Å². The number of ether oxygens (including phenoxy) is 9. The predicted octanol–water partition coefficient (Wildman–Crippen LogP) is -3.27. The van der Waals surface area contributed by atoms with Crippen LogP contribution in [0.4, 0.5) is 0 Å². The summed E-state index contributed by atoms with van der Waals surface area (Å²) in [6.45, 7) is 9.87. The van der Waals surface area contributed by atoms with E-state index in [1.165, 1.54) is 6.92 Å². The molecule has 76 heavy (non-hydrogen) atoms. The molecule has 13 N–H and O–H groups in total. The largest absolute Gasteiger partial charge is 0.459 e. The third-order valence-electron chi connectivity index (χ3n) is 20.9. The van der Waals surface area contributed by atoms with E-state index in [9.17, 15) is 71.2 Å². The van der Waals surface area contributed by atoms with Gasteiger partial charge in [0.2, 0.25) is 6.29 Å². The van der Waals surface area contributed by atoms with Gasteiger partial charge in [-0.05, 0) is 97.7 Å². The normalized spacial score (nSPS) is 55.7. The Morgan fingerprint density at radius 1 is 0.671 bits per heavy atom. The van der Waals surface area contributed by atoms with Crippen LogP contribution in [0.1, 0.15) is 92.9 Å². The second-order valence-corrected chi connectivity index (χ2v) is 25.4. The van der Waals surface area contributed by atoms with Gasteiger partial charge >= 0.3 is 11.9 Å². The van der Waals surface area contributed by atoms with Gasteiger partial charge in [0, 0.05) is 0 Å². The number of aliphatic hydroxyl groups is 13. The lowest BCUT2D eigenvalue weighted by Gasteiger charge is -2.71. The summed E-state index contributed by atoms with van der Waals surface area (Å²) in [4.78, 5) is 29.5. The molecule has 0 aromatic carbocycles. The van der Waals surface area contributed by atoms with Gasteiger partial charge in [-0.15, -0.1) is 0 Å². The Morgan fingerprint density at radius 3 is 1.99 bits per heavy atom. The fraction of sp³-hybridized carbons (Fsp3) is 0.923. The third kappa shape index (κ3) is 8.44. The number of rotatable bonds is 10. The van der Waals surface area contributed by atoms with Crippen LogP contribution in [0.3, 0.4) is 0 Å². The van der Waals surface area contributed by atoms with Gasteiger partial charge in [0.1, 0.15) is 96.3 Å². The van der Waals surface area contributed by atoms with Crippen molar-refractivity contribution in [3.8, 4) is 0 Å². The van der Waals surface area contributed by atoms with Crippen molar-refractivity contribution in [2.24, 2.45) is 50.2 Å². The van der Waals surface area contributed by atoms with Gasteiger partial charge in [0.05, 0.1) is 38.6 Å². The molecule has 2 bridgehead atoms. The minimum Gasteiger partial charge on any atom is -0.459 e. The Labute approximate surface area is 439 Å². The van der Waals surface area contributed by atoms with Gasteiger partial charge in [0.25, 0.3) is 0 Å². The van der Waals surface area contributed by atoms with Crippen LogP contribution in [0.5, 0.6) is 0 Å². The quantitative estimate of drug-likeness (QED) is 0.0580. The first kappa shape index (κ1) is 57.1. The minimum atomic E-state index is -1.90. The van der Waals surface area contributed by atoms with Gasteiger partial charge in [-0.25, -0.2) is 0 Å². The number of carbonyl (C=O) groups is 2. The maximum atomic E-state index is 15.3. The summed E-state index contributed by atoms with van der Waals surface area (Å²) >= 11 is 0. The van der Waals surface area contributed by atoms with Crippen LogP contribution >= 0.6 is 0 Å². The van der Waals surface area contributed by atoms with Crippen LogP contribution in [-0.4, -0.2) is 234 Å². The van der Waals surface area contributed by atoms with Gasteiger partial charge in [-0.1, -0.05) is 46.3 Å². The van der Waals surface area contributed by atoms with Gasteiger partial charge in [-0.3, -0.25) is 9.59 Å². The lowest BCUT2D eigenvalue weighted by Crippen LogP contribution is -2.70. The van der Waals surface area contributed by atoms with Crippen LogP contribution in [0.25, 0.3) is 0 Å².